The highest BCUT2D eigenvalue weighted by molar-refractivity contribution is 6.02. The molecule has 2 amide bonds. The zero-order valence-corrected chi connectivity index (χ0v) is 18.6. The third-order valence-corrected chi connectivity index (χ3v) is 5.38. The van der Waals surface area contributed by atoms with E-state index in [1.165, 1.54) is 25.3 Å². The minimum atomic E-state index is -0.778. The highest BCUT2D eigenvalue weighted by atomic mass is 19.1. The summed E-state index contributed by atoms with van der Waals surface area (Å²) in [4.78, 5) is 38.0. The molecule has 3 heterocycles. The highest BCUT2D eigenvalue weighted by Gasteiger charge is 2.36. The zero-order valence-electron chi connectivity index (χ0n) is 18.6. The molecule has 3 N–H and O–H groups in total. The molecule has 0 bridgehead atoms. The molecule has 2 aliphatic heterocycles. The summed E-state index contributed by atoms with van der Waals surface area (Å²) in [5.74, 6) is -1.00. The second-order valence-electron chi connectivity index (χ2n) is 7.82. The monoisotopic (exact) mass is 473 g/mol. The Kier molecular flexibility index (Phi) is 6.98. The van der Waals surface area contributed by atoms with Crippen LogP contribution in [0, 0.1) is 12.7 Å². The lowest BCUT2D eigenvalue weighted by Crippen LogP contribution is -2.47. The summed E-state index contributed by atoms with van der Waals surface area (Å²) >= 11 is 0. The van der Waals surface area contributed by atoms with Gasteiger partial charge in [-0.05, 0) is 30.7 Å². The number of halogens is 1. The summed E-state index contributed by atoms with van der Waals surface area (Å²) in [5, 5.41) is 6.85. The largest absolute Gasteiger partial charge is 0.494 e. The number of benzene rings is 1. The molecule has 0 spiro atoms. The van der Waals surface area contributed by atoms with Crippen molar-refractivity contribution in [1.82, 2.24) is 15.3 Å². The van der Waals surface area contributed by atoms with E-state index in [4.69, 9.17) is 24.8 Å². The molecule has 34 heavy (non-hydrogen) atoms. The molecule has 0 saturated carbocycles. The Morgan fingerprint density at radius 3 is 2.74 bits per heavy atom. The van der Waals surface area contributed by atoms with Crippen molar-refractivity contribution >= 4 is 17.5 Å². The fraction of sp³-hybridized carbons (Fsp3) is 0.409. The molecule has 1 fully saturated rings. The normalized spacial score (nSPS) is 22.0. The van der Waals surface area contributed by atoms with Gasteiger partial charge >= 0.3 is 0 Å². The number of aromatic nitrogens is 2. The van der Waals surface area contributed by atoms with Crippen LogP contribution in [0.3, 0.4) is 0 Å². The Labute approximate surface area is 194 Å². The highest BCUT2D eigenvalue weighted by Crippen LogP contribution is 2.23. The van der Waals surface area contributed by atoms with Gasteiger partial charge < -0.3 is 30.1 Å². The Balaban J connectivity index is 1.38. The Morgan fingerprint density at radius 2 is 2.03 bits per heavy atom. The van der Waals surface area contributed by atoms with E-state index < -0.39 is 35.9 Å². The third-order valence-electron chi connectivity index (χ3n) is 5.38. The minimum absolute atomic E-state index is 0.0477. The predicted molar refractivity (Wildman–Crippen MR) is 116 cm³/mol. The van der Waals surface area contributed by atoms with Gasteiger partial charge in [0.1, 0.15) is 23.3 Å². The van der Waals surface area contributed by atoms with Crippen LogP contribution in [0.4, 0.5) is 4.39 Å². The van der Waals surface area contributed by atoms with Gasteiger partial charge in [-0.25, -0.2) is 14.4 Å². The molecule has 1 aromatic carbocycles. The number of oxime groups is 1. The fourth-order valence-corrected chi connectivity index (χ4v) is 3.56. The molecule has 1 saturated heterocycles. The van der Waals surface area contributed by atoms with Crippen molar-refractivity contribution in [1.29, 1.82) is 0 Å². The van der Waals surface area contributed by atoms with Crippen LogP contribution in [0.2, 0.25) is 0 Å². The van der Waals surface area contributed by atoms with Crippen molar-refractivity contribution in [2.75, 3.05) is 20.3 Å². The van der Waals surface area contributed by atoms with Gasteiger partial charge in [-0.15, -0.1) is 0 Å². The second kappa shape index (κ2) is 10.1. The maximum Gasteiger partial charge on any atom is 0.270 e. The van der Waals surface area contributed by atoms with Crippen molar-refractivity contribution in [2.45, 2.75) is 38.2 Å². The smallest absolute Gasteiger partial charge is 0.270 e. The summed E-state index contributed by atoms with van der Waals surface area (Å²) in [6.07, 6.45) is -1.25. The lowest BCUT2D eigenvalue weighted by Gasteiger charge is -2.30. The van der Waals surface area contributed by atoms with Crippen LogP contribution in [0.1, 0.15) is 34.0 Å². The number of nitrogens with one attached hydrogen (secondary N) is 1. The number of methoxy groups -OCH3 is 1. The van der Waals surface area contributed by atoms with Gasteiger partial charge in [0.25, 0.3) is 5.91 Å². The number of carbonyl (C=O) groups excluding carboxylic acids is 2. The number of amides is 2. The molecule has 3 unspecified atom stereocenters. The van der Waals surface area contributed by atoms with E-state index in [9.17, 15) is 14.0 Å². The van der Waals surface area contributed by atoms with Gasteiger partial charge in [0, 0.05) is 13.0 Å². The first kappa shape index (κ1) is 23.5. The lowest BCUT2D eigenvalue weighted by molar-refractivity contribution is -0.178. The van der Waals surface area contributed by atoms with E-state index in [2.05, 4.69) is 20.4 Å². The fourth-order valence-electron chi connectivity index (χ4n) is 3.56. The maximum absolute atomic E-state index is 13.6. The van der Waals surface area contributed by atoms with Crippen LogP contribution in [-0.4, -0.2) is 66.1 Å². The summed E-state index contributed by atoms with van der Waals surface area (Å²) in [6, 6.07) is 5.87. The molecule has 1 aromatic heterocycles. The molecule has 2 aliphatic rings. The first-order valence-electron chi connectivity index (χ1n) is 10.6. The van der Waals surface area contributed by atoms with Crippen molar-refractivity contribution in [2.24, 2.45) is 10.9 Å². The molecular weight excluding hydrogens is 449 g/mol. The van der Waals surface area contributed by atoms with Gasteiger partial charge in [-0.2, -0.15) is 0 Å². The number of nitrogens with two attached hydrogens (primary N) is 1. The molecule has 4 rings (SSSR count). The van der Waals surface area contributed by atoms with Crippen LogP contribution in [0.15, 0.2) is 29.4 Å². The second-order valence-corrected chi connectivity index (χ2v) is 7.82. The maximum atomic E-state index is 13.6. The van der Waals surface area contributed by atoms with Crippen LogP contribution < -0.4 is 15.8 Å². The van der Waals surface area contributed by atoms with Crippen LogP contribution in [0.25, 0.3) is 0 Å². The minimum Gasteiger partial charge on any atom is -0.494 e. The molecule has 0 radical (unpaired) electrons. The van der Waals surface area contributed by atoms with Crippen molar-refractivity contribution < 1.29 is 33.0 Å². The first-order valence-corrected chi connectivity index (χ1v) is 10.6. The Hall–Kier alpha value is -3.64. The van der Waals surface area contributed by atoms with E-state index in [1.807, 2.05) is 0 Å². The molecule has 12 heteroatoms. The van der Waals surface area contributed by atoms with E-state index in [0.717, 1.165) is 0 Å². The van der Waals surface area contributed by atoms with Crippen LogP contribution in [-0.2, 0) is 25.7 Å². The Morgan fingerprint density at radius 1 is 1.21 bits per heavy atom. The number of primary amides is 1. The standard InChI is InChI=1S/C22H24FN5O6/c1-11-26-14(15-7-18(34-28-15)19-9-33-20(10-32-19)21(24)29)6-16(27-11)22(30)25-8-12-3-4-13(23)17(5-12)31-2/h3-6,18-20H,7-10H2,1-2H3,(H2,24,29)(H,25,30). The van der Waals surface area contributed by atoms with Gasteiger partial charge in [0.15, 0.2) is 23.8 Å². The van der Waals surface area contributed by atoms with Gasteiger partial charge in [0.05, 0.1) is 26.0 Å². The van der Waals surface area contributed by atoms with E-state index in [1.54, 1.807) is 13.0 Å². The number of ether oxygens (including phenoxy) is 3. The van der Waals surface area contributed by atoms with Crippen LogP contribution >= 0.6 is 0 Å². The van der Waals surface area contributed by atoms with E-state index in [-0.39, 0.29) is 31.2 Å². The number of hydrogen-bond donors (Lipinski definition) is 2. The average Bonchev–Trinajstić information content (AvgIpc) is 3.33. The van der Waals surface area contributed by atoms with Crippen molar-refractivity contribution in [3.63, 3.8) is 0 Å². The van der Waals surface area contributed by atoms with Gasteiger partial charge in [-0.1, -0.05) is 11.2 Å². The molecule has 0 aliphatic carbocycles. The molecule has 3 atom stereocenters. The van der Waals surface area contributed by atoms with E-state index in [0.29, 0.717) is 29.2 Å². The molecule has 2 aromatic rings. The average molecular weight is 473 g/mol. The van der Waals surface area contributed by atoms with Crippen LogP contribution in [0.5, 0.6) is 5.75 Å². The van der Waals surface area contributed by atoms with Gasteiger partial charge in [-0.3, -0.25) is 9.59 Å². The summed E-state index contributed by atoms with van der Waals surface area (Å²) in [5.41, 5.74) is 7.04. The molecule has 180 valence electrons. The number of aryl methyl sites for hydroxylation is 1. The predicted octanol–water partition coefficient (Wildman–Crippen LogP) is 0.625. The lowest BCUT2D eigenvalue weighted by atomic mass is 10.0. The van der Waals surface area contributed by atoms with Gasteiger partial charge in [0.2, 0.25) is 5.91 Å². The van der Waals surface area contributed by atoms with Crippen molar-refractivity contribution in [3.05, 3.63) is 52.9 Å². The van der Waals surface area contributed by atoms with Crippen molar-refractivity contribution in [3.8, 4) is 5.75 Å². The Bertz CT molecular complexity index is 1120. The summed E-state index contributed by atoms with van der Waals surface area (Å²) < 4.78 is 29.6. The zero-order chi connectivity index (χ0) is 24.2. The number of nitrogens with zero attached hydrogens (tertiary/aromatic N) is 3. The van der Waals surface area contributed by atoms with E-state index >= 15 is 0 Å². The third kappa shape index (κ3) is 5.29. The molecule has 11 nitrogen and oxygen atoms in total. The topological polar surface area (TPSA) is 147 Å². The SMILES string of the molecule is COc1cc(CNC(=O)c2cc(C3=NOC(C4COC(C(N)=O)CO4)C3)nc(C)n2)ccc1F. The first-order chi connectivity index (χ1) is 16.3. The summed E-state index contributed by atoms with van der Waals surface area (Å²) in [6.45, 7) is 2.02. The number of rotatable bonds is 7. The molecular formula is C22H24FN5O6. The number of hydrogen-bond acceptors (Lipinski definition) is 9. The quantitative estimate of drug-likeness (QED) is 0.595. The summed E-state index contributed by atoms with van der Waals surface area (Å²) in [7, 11) is 1.37. The number of carbonyl (C=O) groups is 2.